The Balaban J connectivity index is 1.52. The van der Waals surface area contributed by atoms with E-state index in [9.17, 15) is 4.79 Å². The van der Waals surface area contributed by atoms with Gasteiger partial charge in [0.15, 0.2) is 5.82 Å². The van der Waals surface area contributed by atoms with Crippen LogP contribution in [-0.2, 0) is 23.2 Å². The van der Waals surface area contributed by atoms with E-state index >= 15 is 0 Å². The van der Waals surface area contributed by atoms with Crippen molar-refractivity contribution in [2.45, 2.75) is 39.2 Å². The van der Waals surface area contributed by atoms with Crippen LogP contribution in [0.1, 0.15) is 37.7 Å². The van der Waals surface area contributed by atoms with Crippen LogP contribution >= 0.6 is 11.6 Å². The van der Waals surface area contributed by atoms with Gasteiger partial charge in [0.05, 0.1) is 6.42 Å². The van der Waals surface area contributed by atoms with Crippen LogP contribution in [0.4, 0.5) is 5.82 Å². The number of hydrogen-bond acceptors (Lipinski definition) is 4. The maximum atomic E-state index is 12.2. The molecule has 3 rings (SSSR count). The van der Waals surface area contributed by atoms with Crippen molar-refractivity contribution >= 4 is 23.3 Å². The zero-order valence-electron chi connectivity index (χ0n) is 16.2. The lowest BCUT2D eigenvalue weighted by Crippen LogP contribution is -2.14. The summed E-state index contributed by atoms with van der Waals surface area (Å²) in [5, 5.41) is 7.35. The summed E-state index contributed by atoms with van der Waals surface area (Å²) in [7, 11) is 0. The van der Waals surface area contributed by atoms with Crippen LogP contribution in [0.2, 0.25) is 5.02 Å². The third kappa shape index (κ3) is 5.60. The predicted octanol–water partition coefficient (Wildman–Crippen LogP) is 5.39. The van der Waals surface area contributed by atoms with E-state index in [1.165, 1.54) is 0 Å². The fraction of sp³-hybridized carbons (Fsp3) is 0.273. The van der Waals surface area contributed by atoms with E-state index in [0.717, 1.165) is 22.6 Å². The average Bonchev–Trinajstić information content (AvgIpc) is 3.10. The van der Waals surface area contributed by atoms with Gasteiger partial charge in [-0.15, -0.1) is 0 Å². The van der Waals surface area contributed by atoms with Crippen LogP contribution < -0.4 is 10.1 Å². The number of nitrogens with zero attached hydrogens (tertiary/aromatic N) is 1. The Morgan fingerprint density at radius 2 is 1.86 bits per heavy atom. The number of aromatic nitrogens is 1. The number of halogens is 1. The molecule has 0 aliphatic rings. The van der Waals surface area contributed by atoms with E-state index in [2.05, 4.69) is 10.5 Å². The Hall–Kier alpha value is -2.79. The molecule has 1 N–H and O–H groups in total. The molecule has 0 aliphatic carbocycles. The molecule has 1 aromatic heterocycles. The molecule has 28 heavy (non-hydrogen) atoms. The fourth-order valence-corrected chi connectivity index (χ4v) is 2.77. The van der Waals surface area contributed by atoms with Crippen molar-refractivity contribution in [3.05, 3.63) is 76.5 Å². The molecule has 0 unspecified atom stereocenters. The molecule has 0 saturated heterocycles. The SMILES string of the molecule is CC(C)(C)c1cc(NC(=O)Cc2ccc(OCc3cccc(Cl)c3)cc2)no1. The molecule has 0 fully saturated rings. The first-order chi connectivity index (χ1) is 13.3. The molecule has 1 heterocycles. The van der Waals surface area contributed by atoms with Crippen LogP contribution in [0.3, 0.4) is 0 Å². The van der Waals surface area contributed by atoms with Gasteiger partial charge in [-0.05, 0) is 35.4 Å². The van der Waals surface area contributed by atoms with Crippen molar-refractivity contribution in [1.82, 2.24) is 5.16 Å². The minimum Gasteiger partial charge on any atom is -0.489 e. The number of benzene rings is 2. The molecule has 1 amide bonds. The molecular formula is C22H23ClN2O3. The van der Waals surface area contributed by atoms with E-state index in [0.29, 0.717) is 17.4 Å². The Kier molecular flexibility index (Phi) is 6.05. The van der Waals surface area contributed by atoms with Crippen molar-refractivity contribution in [2.24, 2.45) is 0 Å². The first-order valence-corrected chi connectivity index (χ1v) is 9.40. The van der Waals surface area contributed by atoms with Gasteiger partial charge in [0.25, 0.3) is 0 Å². The zero-order chi connectivity index (χ0) is 20.1. The number of nitrogens with one attached hydrogen (secondary N) is 1. The second kappa shape index (κ2) is 8.48. The highest BCUT2D eigenvalue weighted by Crippen LogP contribution is 2.24. The lowest BCUT2D eigenvalue weighted by Gasteiger charge is -2.12. The molecular weight excluding hydrogens is 376 g/mol. The maximum absolute atomic E-state index is 12.2. The Bertz CT molecular complexity index is 943. The number of amides is 1. The second-order valence-corrected chi connectivity index (χ2v) is 8.05. The highest BCUT2D eigenvalue weighted by molar-refractivity contribution is 6.30. The van der Waals surface area contributed by atoms with E-state index in [1.54, 1.807) is 6.07 Å². The van der Waals surface area contributed by atoms with Gasteiger partial charge in [0, 0.05) is 16.5 Å². The molecule has 0 aliphatic heterocycles. The fourth-order valence-electron chi connectivity index (χ4n) is 2.56. The summed E-state index contributed by atoms with van der Waals surface area (Å²) in [5.41, 5.74) is 1.72. The molecule has 0 radical (unpaired) electrons. The third-order valence-corrected chi connectivity index (χ3v) is 4.33. The lowest BCUT2D eigenvalue weighted by molar-refractivity contribution is -0.115. The summed E-state index contributed by atoms with van der Waals surface area (Å²) < 4.78 is 11.0. The molecule has 6 heteroatoms. The van der Waals surface area contributed by atoms with E-state index < -0.39 is 0 Å². The monoisotopic (exact) mass is 398 g/mol. The van der Waals surface area contributed by atoms with Crippen molar-refractivity contribution in [1.29, 1.82) is 0 Å². The van der Waals surface area contributed by atoms with Gasteiger partial charge >= 0.3 is 0 Å². The smallest absolute Gasteiger partial charge is 0.230 e. The number of rotatable bonds is 6. The summed E-state index contributed by atoms with van der Waals surface area (Å²) in [6.07, 6.45) is 0.242. The minimum atomic E-state index is -0.156. The van der Waals surface area contributed by atoms with Gasteiger partial charge in [-0.3, -0.25) is 4.79 Å². The van der Waals surface area contributed by atoms with Crippen molar-refractivity contribution in [3.8, 4) is 5.75 Å². The standard InChI is InChI=1S/C22H23ClN2O3/c1-22(2,3)19-13-20(25-28-19)24-21(26)12-15-7-9-18(10-8-15)27-14-16-5-4-6-17(23)11-16/h4-11,13H,12,14H2,1-3H3,(H,24,25,26). The van der Waals surface area contributed by atoms with Crippen molar-refractivity contribution < 1.29 is 14.1 Å². The maximum Gasteiger partial charge on any atom is 0.230 e. The molecule has 2 aromatic carbocycles. The van der Waals surface area contributed by atoms with Crippen LogP contribution in [0, 0.1) is 0 Å². The summed E-state index contributed by atoms with van der Waals surface area (Å²) in [6.45, 7) is 6.50. The number of carbonyl (C=O) groups excluding carboxylic acids is 1. The van der Waals surface area contributed by atoms with Crippen LogP contribution in [0.25, 0.3) is 0 Å². The average molecular weight is 399 g/mol. The largest absolute Gasteiger partial charge is 0.489 e. The van der Waals surface area contributed by atoms with Gasteiger partial charge in [-0.2, -0.15) is 0 Å². The number of hydrogen-bond donors (Lipinski definition) is 1. The zero-order valence-corrected chi connectivity index (χ0v) is 16.9. The van der Waals surface area contributed by atoms with Crippen LogP contribution in [-0.4, -0.2) is 11.1 Å². The van der Waals surface area contributed by atoms with Crippen LogP contribution in [0.15, 0.2) is 59.1 Å². The number of carbonyl (C=O) groups is 1. The van der Waals surface area contributed by atoms with E-state index in [4.69, 9.17) is 20.9 Å². The summed E-state index contributed by atoms with van der Waals surface area (Å²) in [4.78, 5) is 12.2. The second-order valence-electron chi connectivity index (χ2n) is 7.61. The minimum absolute atomic E-state index is 0.152. The Morgan fingerprint density at radius 1 is 1.11 bits per heavy atom. The van der Waals surface area contributed by atoms with Crippen molar-refractivity contribution in [2.75, 3.05) is 5.32 Å². The van der Waals surface area contributed by atoms with Gasteiger partial charge in [-0.1, -0.05) is 61.8 Å². The van der Waals surface area contributed by atoms with Gasteiger partial charge < -0.3 is 14.6 Å². The molecule has 0 saturated carbocycles. The molecule has 0 spiro atoms. The molecule has 0 atom stereocenters. The van der Waals surface area contributed by atoms with Gasteiger partial charge in [-0.25, -0.2) is 0 Å². The molecule has 0 bridgehead atoms. The lowest BCUT2D eigenvalue weighted by atomic mass is 9.93. The molecule has 146 valence electrons. The number of ether oxygens (including phenoxy) is 1. The van der Waals surface area contributed by atoms with E-state index in [-0.39, 0.29) is 17.7 Å². The normalized spacial score (nSPS) is 11.3. The summed E-state index contributed by atoms with van der Waals surface area (Å²) in [6, 6.07) is 16.7. The first kappa shape index (κ1) is 20.0. The topological polar surface area (TPSA) is 64.4 Å². The van der Waals surface area contributed by atoms with E-state index in [1.807, 2.05) is 69.3 Å². The van der Waals surface area contributed by atoms with Crippen LogP contribution in [0.5, 0.6) is 5.75 Å². The predicted molar refractivity (Wildman–Crippen MR) is 110 cm³/mol. The highest BCUT2D eigenvalue weighted by Gasteiger charge is 2.20. The van der Waals surface area contributed by atoms with Gasteiger partial charge in [0.2, 0.25) is 5.91 Å². The first-order valence-electron chi connectivity index (χ1n) is 9.03. The quantitative estimate of drug-likeness (QED) is 0.604. The Morgan fingerprint density at radius 3 is 2.50 bits per heavy atom. The number of anilines is 1. The molecule has 3 aromatic rings. The summed E-state index contributed by atoms with van der Waals surface area (Å²) in [5.74, 6) is 1.73. The highest BCUT2D eigenvalue weighted by atomic mass is 35.5. The third-order valence-electron chi connectivity index (χ3n) is 4.10. The van der Waals surface area contributed by atoms with Crippen molar-refractivity contribution in [3.63, 3.8) is 0 Å². The Labute approximate surface area is 169 Å². The molecule has 5 nitrogen and oxygen atoms in total. The summed E-state index contributed by atoms with van der Waals surface area (Å²) >= 11 is 5.97. The van der Waals surface area contributed by atoms with Gasteiger partial charge in [0.1, 0.15) is 18.1 Å².